The summed E-state index contributed by atoms with van der Waals surface area (Å²) in [5.41, 5.74) is 9.18. The molecule has 0 saturated carbocycles. The second kappa shape index (κ2) is 4.57. The zero-order chi connectivity index (χ0) is 11.4. The Morgan fingerprint density at radius 1 is 0.875 bits per heavy atom. The lowest BCUT2D eigenvalue weighted by atomic mass is 10.0. The van der Waals surface area contributed by atoms with Gasteiger partial charge in [-0.25, -0.2) is 0 Å². The van der Waals surface area contributed by atoms with Gasteiger partial charge in [-0.05, 0) is 47.0 Å². The zero-order valence-corrected chi connectivity index (χ0v) is 8.76. The lowest BCUT2D eigenvalue weighted by molar-refractivity contribution is 1.19. The molecule has 0 amide bonds. The Labute approximate surface area is 93.9 Å². The molecular formula is C13H12N2O. The van der Waals surface area contributed by atoms with Crippen LogP contribution >= 0.6 is 0 Å². The molecule has 2 rings (SSSR count). The SMILES string of the molecule is Nc1ccc(Cc2ccc(N=O)cc2)cc1. The summed E-state index contributed by atoms with van der Waals surface area (Å²) in [6.45, 7) is 0. The summed E-state index contributed by atoms with van der Waals surface area (Å²) in [7, 11) is 0. The predicted octanol–water partition coefficient (Wildman–Crippen LogP) is 3.26. The van der Waals surface area contributed by atoms with Gasteiger partial charge in [0.1, 0.15) is 5.69 Å². The highest BCUT2D eigenvalue weighted by atomic mass is 16.3. The van der Waals surface area contributed by atoms with E-state index in [4.69, 9.17) is 5.73 Å². The van der Waals surface area contributed by atoms with E-state index < -0.39 is 0 Å². The lowest BCUT2D eigenvalue weighted by Crippen LogP contribution is -1.89. The summed E-state index contributed by atoms with van der Waals surface area (Å²) in [5.74, 6) is 0. The first-order chi connectivity index (χ1) is 7.78. The Hall–Kier alpha value is -2.16. The van der Waals surface area contributed by atoms with Crippen LogP contribution in [0.4, 0.5) is 11.4 Å². The molecule has 0 saturated heterocycles. The van der Waals surface area contributed by atoms with Crippen LogP contribution in [0.5, 0.6) is 0 Å². The van der Waals surface area contributed by atoms with Gasteiger partial charge in [0.05, 0.1) is 0 Å². The summed E-state index contributed by atoms with van der Waals surface area (Å²) in [4.78, 5) is 10.2. The molecule has 16 heavy (non-hydrogen) atoms. The van der Waals surface area contributed by atoms with E-state index in [9.17, 15) is 4.91 Å². The van der Waals surface area contributed by atoms with Gasteiger partial charge in [0.25, 0.3) is 0 Å². The maximum Gasteiger partial charge on any atom is 0.108 e. The summed E-state index contributed by atoms with van der Waals surface area (Å²) >= 11 is 0. The fourth-order valence-corrected chi connectivity index (χ4v) is 1.55. The molecule has 0 atom stereocenters. The molecule has 3 nitrogen and oxygen atoms in total. The molecule has 0 spiro atoms. The summed E-state index contributed by atoms with van der Waals surface area (Å²) in [6, 6.07) is 15.0. The zero-order valence-electron chi connectivity index (χ0n) is 8.76. The molecule has 3 heteroatoms. The van der Waals surface area contributed by atoms with Crippen molar-refractivity contribution >= 4 is 11.4 Å². The van der Waals surface area contributed by atoms with Gasteiger partial charge in [0.15, 0.2) is 0 Å². The number of nitrogens with zero attached hydrogens (tertiary/aromatic N) is 1. The number of rotatable bonds is 3. The topological polar surface area (TPSA) is 55.4 Å². The van der Waals surface area contributed by atoms with Crippen LogP contribution in [0.1, 0.15) is 11.1 Å². The highest BCUT2D eigenvalue weighted by Gasteiger charge is 1.97. The third kappa shape index (κ3) is 2.45. The number of benzene rings is 2. The summed E-state index contributed by atoms with van der Waals surface area (Å²) < 4.78 is 0. The Bertz CT molecular complexity index is 474. The minimum absolute atomic E-state index is 0.459. The third-order valence-corrected chi connectivity index (χ3v) is 2.43. The van der Waals surface area contributed by atoms with Crippen LogP contribution in [0, 0.1) is 4.91 Å². The molecule has 0 aliphatic rings. The minimum atomic E-state index is 0.459. The van der Waals surface area contributed by atoms with Crippen LogP contribution in [-0.4, -0.2) is 0 Å². The van der Waals surface area contributed by atoms with Crippen LogP contribution < -0.4 is 5.73 Å². The second-order valence-corrected chi connectivity index (χ2v) is 3.68. The van der Waals surface area contributed by atoms with Crippen molar-refractivity contribution < 1.29 is 0 Å². The van der Waals surface area contributed by atoms with Crippen molar-refractivity contribution in [3.63, 3.8) is 0 Å². The smallest absolute Gasteiger partial charge is 0.108 e. The van der Waals surface area contributed by atoms with Crippen LogP contribution in [0.3, 0.4) is 0 Å². The van der Waals surface area contributed by atoms with E-state index >= 15 is 0 Å². The number of nitrogens with two attached hydrogens (primary N) is 1. The normalized spacial score (nSPS) is 10.0. The number of nitroso groups, excluding NO2 is 1. The fraction of sp³-hybridized carbons (Fsp3) is 0.0769. The molecule has 0 aromatic heterocycles. The Morgan fingerprint density at radius 2 is 1.38 bits per heavy atom. The maximum absolute atomic E-state index is 10.2. The average Bonchev–Trinajstić information content (AvgIpc) is 2.33. The fourth-order valence-electron chi connectivity index (χ4n) is 1.55. The van der Waals surface area contributed by atoms with Crippen LogP contribution in [0.25, 0.3) is 0 Å². The monoisotopic (exact) mass is 212 g/mol. The van der Waals surface area contributed by atoms with Crippen molar-refractivity contribution in [3.05, 3.63) is 64.6 Å². The molecule has 80 valence electrons. The van der Waals surface area contributed by atoms with Crippen molar-refractivity contribution in [1.29, 1.82) is 0 Å². The van der Waals surface area contributed by atoms with Crippen molar-refractivity contribution in [2.75, 3.05) is 5.73 Å². The van der Waals surface area contributed by atoms with E-state index in [0.717, 1.165) is 17.7 Å². The number of hydrogen-bond donors (Lipinski definition) is 1. The Balaban J connectivity index is 2.14. The Kier molecular flexibility index (Phi) is 2.96. The van der Waals surface area contributed by atoms with Gasteiger partial charge in [-0.15, -0.1) is 4.91 Å². The summed E-state index contributed by atoms with van der Waals surface area (Å²) in [6.07, 6.45) is 0.833. The molecule has 0 unspecified atom stereocenters. The van der Waals surface area contributed by atoms with E-state index in [1.807, 2.05) is 36.4 Å². The third-order valence-electron chi connectivity index (χ3n) is 2.43. The van der Waals surface area contributed by atoms with Gasteiger partial charge in [-0.1, -0.05) is 24.3 Å². The number of hydrogen-bond acceptors (Lipinski definition) is 3. The average molecular weight is 212 g/mol. The highest BCUT2D eigenvalue weighted by molar-refractivity contribution is 5.42. The molecule has 2 aromatic carbocycles. The van der Waals surface area contributed by atoms with E-state index in [2.05, 4.69) is 5.18 Å². The van der Waals surface area contributed by atoms with Crippen molar-refractivity contribution in [2.24, 2.45) is 5.18 Å². The standard InChI is InChI=1S/C13H12N2O/c14-12-5-1-10(2-6-12)9-11-3-7-13(15-16)8-4-11/h1-8H,9,14H2. The molecule has 2 aromatic rings. The first-order valence-corrected chi connectivity index (χ1v) is 5.04. The Morgan fingerprint density at radius 3 is 1.88 bits per heavy atom. The molecule has 0 aliphatic carbocycles. The lowest BCUT2D eigenvalue weighted by Gasteiger charge is -2.02. The quantitative estimate of drug-likeness (QED) is 0.627. The van der Waals surface area contributed by atoms with Gasteiger partial charge in [-0.3, -0.25) is 0 Å². The number of nitrogen functional groups attached to an aromatic ring is 1. The second-order valence-electron chi connectivity index (χ2n) is 3.68. The molecule has 0 heterocycles. The van der Waals surface area contributed by atoms with E-state index in [1.54, 1.807) is 12.1 Å². The largest absolute Gasteiger partial charge is 0.399 e. The van der Waals surface area contributed by atoms with Gasteiger partial charge in [-0.2, -0.15) is 0 Å². The highest BCUT2D eigenvalue weighted by Crippen LogP contribution is 2.16. The number of anilines is 1. The molecule has 0 aliphatic heterocycles. The minimum Gasteiger partial charge on any atom is -0.399 e. The molecule has 2 N–H and O–H groups in total. The molecular weight excluding hydrogens is 200 g/mol. The van der Waals surface area contributed by atoms with Crippen molar-refractivity contribution in [2.45, 2.75) is 6.42 Å². The van der Waals surface area contributed by atoms with E-state index in [1.165, 1.54) is 5.56 Å². The molecule has 0 fully saturated rings. The predicted molar refractivity (Wildman–Crippen MR) is 65.6 cm³/mol. The van der Waals surface area contributed by atoms with Gasteiger partial charge < -0.3 is 5.73 Å². The van der Waals surface area contributed by atoms with Gasteiger partial charge >= 0.3 is 0 Å². The summed E-state index contributed by atoms with van der Waals surface area (Å²) in [5, 5.41) is 2.86. The van der Waals surface area contributed by atoms with Crippen LogP contribution in [0.15, 0.2) is 53.7 Å². The van der Waals surface area contributed by atoms with Crippen molar-refractivity contribution in [3.8, 4) is 0 Å². The maximum atomic E-state index is 10.2. The van der Waals surface area contributed by atoms with Crippen molar-refractivity contribution in [1.82, 2.24) is 0 Å². The first-order valence-electron chi connectivity index (χ1n) is 5.04. The van der Waals surface area contributed by atoms with Gasteiger partial charge in [0, 0.05) is 5.69 Å². The molecule has 0 bridgehead atoms. The molecule has 0 radical (unpaired) electrons. The van der Waals surface area contributed by atoms with Crippen LogP contribution in [-0.2, 0) is 6.42 Å². The van der Waals surface area contributed by atoms with E-state index in [-0.39, 0.29) is 0 Å². The van der Waals surface area contributed by atoms with Gasteiger partial charge in [0.2, 0.25) is 0 Å². The van der Waals surface area contributed by atoms with Crippen LogP contribution in [0.2, 0.25) is 0 Å². The first kappa shape index (κ1) is 10.4. The van der Waals surface area contributed by atoms with E-state index in [0.29, 0.717) is 5.69 Å².